The van der Waals surface area contributed by atoms with Gasteiger partial charge in [0.05, 0.1) is 5.52 Å². The van der Waals surface area contributed by atoms with E-state index in [1.165, 1.54) is 0 Å². The summed E-state index contributed by atoms with van der Waals surface area (Å²) in [5.74, 6) is -0.492. The Morgan fingerprint density at radius 2 is 2.36 bits per heavy atom. The van der Waals surface area contributed by atoms with E-state index in [9.17, 15) is 4.79 Å². The highest BCUT2D eigenvalue weighted by Gasteiger charge is 2.14. The maximum Gasteiger partial charge on any atom is 0.356 e. The van der Waals surface area contributed by atoms with E-state index in [0.29, 0.717) is 11.5 Å². The van der Waals surface area contributed by atoms with Crippen LogP contribution < -0.4 is 5.32 Å². The normalized spacial score (nSPS) is 10.4. The molecule has 0 aliphatic heterocycles. The predicted molar refractivity (Wildman–Crippen MR) is 51.7 cm³/mol. The van der Waals surface area contributed by atoms with Crippen LogP contribution in [0.25, 0.3) is 5.52 Å². The van der Waals surface area contributed by atoms with Gasteiger partial charge in [0.1, 0.15) is 0 Å². The molecule has 0 atom stereocenters. The zero-order valence-corrected chi connectivity index (χ0v) is 7.56. The topological polar surface area (TPSA) is 66.6 Å². The van der Waals surface area contributed by atoms with Crippen LogP contribution in [0.3, 0.4) is 0 Å². The number of hydrogen-bond donors (Lipinski definition) is 2. The molecule has 0 amide bonds. The van der Waals surface area contributed by atoms with E-state index in [1.54, 1.807) is 29.8 Å². The lowest BCUT2D eigenvalue weighted by molar-refractivity contribution is 0.0693. The number of nitrogens with one attached hydrogen (secondary N) is 1. The SMILES string of the molecule is CNc1nc(C(=O)O)c2ccccn12. The van der Waals surface area contributed by atoms with Crippen LogP contribution in [-0.2, 0) is 0 Å². The number of anilines is 1. The standard InChI is InChI=1S/C9H9N3O2/c1-10-9-11-7(8(13)14)6-4-2-3-5-12(6)9/h2-5H,1H3,(H,10,11)(H,13,14). The average molecular weight is 191 g/mol. The first-order valence-corrected chi connectivity index (χ1v) is 4.12. The molecule has 0 saturated carbocycles. The maximum atomic E-state index is 10.8. The van der Waals surface area contributed by atoms with Gasteiger partial charge in [0.15, 0.2) is 5.69 Å². The van der Waals surface area contributed by atoms with Crippen molar-refractivity contribution in [2.75, 3.05) is 12.4 Å². The summed E-state index contributed by atoms with van der Waals surface area (Å²) in [5, 5.41) is 11.7. The summed E-state index contributed by atoms with van der Waals surface area (Å²) in [6, 6.07) is 5.32. The second-order valence-electron chi connectivity index (χ2n) is 2.80. The van der Waals surface area contributed by atoms with E-state index in [4.69, 9.17) is 5.11 Å². The van der Waals surface area contributed by atoms with Crippen LogP contribution in [0.4, 0.5) is 5.95 Å². The highest BCUT2D eigenvalue weighted by molar-refractivity contribution is 5.94. The Bertz CT molecular complexity index is 490. The van der Waals surface area contributed by atoms with Crippen molar-refractivity contribution >= 4 is 17.4 Å². The van der Waals surface area contributed by atoms with Crippen molar-refractivity contribution in [1.29, 1.82) is 0 Å². The number of aromatic carboxylic acids is 1. The fraction of sp³-hybridized carbons (Fsp3) is 0.111. The van der Waals surface area contributed by atoms with E-state index in [-0.39, 0.29) is 5.69 Å². The van der Waals surface area contributed by atoms with Gasteiger partial charge in [-0.25, -0.2) is 9.78 Å². The van der Waals surface area contributed by atoms with Crippen LogP contribution in [-0.4, -0.2) is 27.5 Å². The molecular weight excluding hydrogens is 182 g/mol. The molecule has 2 heterocycles. The van der Waals surface area contributed by atoms with Gasteiger partial charge in [-0.15, -0.1) is 0 Å². The molecular formula is C9H9N3O2. The largest absolute Gasteiger partial charge is 0.476 e. The molecule has 14 heavy (non-hydrogen) atoms. The Morgan fingerprint density at radius 3 is 3.00 bits per heavy atom. The second kappa shape index (κ2) is 3.02. The van der Waals surface area contributed by atoms with Crippen molar-refractivity contribution in [3.8, 4) is 0 Å². The molecule has 0 spiro atoms. The third-order valence-electron chi connectivity index (χ3n) is 1.97. The Morgan fingerprint density at radius 1 is 1.57 bits per heavy atom. The summed E-state index contributed by atoms with van der Waals surface area (Å²) >= 11 is 0. The first-order chi connectivity index (χ1) is 6.74. The van der Waals surface area contributed by atoms with Crippen LogP contribution >= 0.6 is 0 Å². The molecule has 0 aromatic carbocycles. The predicted octanol–water partition coefficient (Wildman–Crippen LogP) is 1.07. The highest BCUT2D eigenvalue weighted by atomic mass is 16.4. The third kappa shape index (κ3) is 1.10. The molecule has 72 valence electrons. The first kappa shape index (κ1) is 8.55. The number of rotatable bonds is 2. The third-order valence-corrected chi connectivity index (χ3v) is 1.97. The summed E-state index contributed by atoms with van der Waals surface area (Å²) in [6.45, 7) is 0. The molecule has 0 bridgehead atoms. The number of imidazole rings is 1. The molecule has 0 aliphatic carbocycles. The molecule has 0 saturated heterocycles. The van der Waals surface area contributed by atoms with Gasteiger partial charge in [-0.3, -0.25) is 4.40 Å². The number of pyridine rings is 1. The quantitative estimate of drug-likeness (QED) is 0.745. The molecule has 0 radical (unpaired) electrons. The Hall–Kier alpha value is -2.04. The minimum Gasteiger partial charge on any atom is -0.476 e. The lowest BCUT2D eigenvalue weighted by Crippen LogP contribution is -1.97. The zero-order chi connectivity index (χ0) is 10.1. The number of carboxylic acids is 1. The number of carboxylic acid groups (broad SMARTS) is 1. The Balaban J connectivity index is 2.80. The van der Waals surface area contributed by atoms with Crippen LogP contribution in [0.5, 0.6) is 0 Å². The summed E-state index contributed by atoms with van der Waals surface area (Å²) < 4.78 is 1.70. The Labute approximate surface area is 80.0 Å². The van der Waals surface area contributed by atoms with Crippen molar-refractivity contribution < 1.29 is 9.90 Å². The summed E-state index contributed by atoms with van der Waals surface area (Å²) in [7, 11) is 1.70. The van der Waals surface area contributed by atoms with Gasteiger partial charge in [-0.2, -0.15) is 0 Å². The molecule has 2 rings (SSSR count). The van der Waals surface area contributed by atoms with Gasteiger partial charge in [0, 0.05) is 13.2 Å². The van der Waals surface area contributed by atoms with Crippen molar-refractivity contribution in [2.45, 2.75) is 0 Å². The molecule has 2 aromatic rings. The van der Waals surface area contributed by atoms with Gasteiger partial charge < -0.3 is 10.4 Å². The molecule has 2 aromatic heterocycles. The second-order valence-corrected chi connectivity index (χ2v) is 2.80. The van der Waals surface area contributed by atoms with Crippen LogP contribution in [0.15, 0.2) is 24.4 Å². The molecule has 5 heteroatoms. The molecule has 0 aliphatic rings. The number of nitrogens with zero attached hydrogens (tertiary/aromatic N) is 2. The van der Waals surface area contributed by atoms with Crippen LogP contribution in [0.1, 0.15) is 10.5 Å². The summed E-state index contributed by atoms with van der Waals surface area (Å²) in [5.41, 5.74) is 0.652. The average Bonchev–Trinajstić information content (AvgIpc) is 2.56. The molecule has 2 N–H and O–H groups in total. The van der Waals surface area contributed by atoms with Gasteiger partial charge in [0.25, 0.3) is 0 Å². The number of hydrogen-bond acceptors (Lipinski definition) is 3. The molecule has 5 nitrogen and oxygen atoms in total. The Kier molecular flexibility index (Phi) is 1.85. The van der Waals surface area contributed by atoms with Crippen LogP contribution in [0.2, 0.25) is 0 Å². The fourth-order valence-electron chi connectivity index (χ4n) is 1.37. The van der Waals surface area contributed by atoms with E-state index < -0.39 is 5.97 Å². The number of fused-ring (bicyclic) bond motifs is 1. The smallest absolute Gasteiger partial charge is 0.356 e. The van der Waals surface area contributed by atoms with E-state index in [0.717, 1.165) is 0 Å². The minimum atomic E-state index is -1.02. The van der Waals surface area contributed by atoms with Gasteiger partial charge in [-0.1, -0.05) is 6.07 Å². The van der Waals surface area contributed by atoms with Gasteiger partial charge in [0.2, 0.25) is 5.95 Å². The zero-order valence-electron chi connectivity index (χ0n) is 7.56. The van der Waals surface area contributed by atoms with Crippen molar-refractivity contribution in [1.82, 2.24) is 9.38 Å². The van der Waals surface area contributed by atoms with Crippen molar-refractivity contribution in [3.63, 3.8) is 0 Å². The van der Waals surface area contributed by atoms with Gasteiger partial charge in [-0.05, 0) is 12.1 Å². The fourth-order valence-corrected chi connectivity index (χ4v) is 1.37. The lowest BCUT2D eigenvalue weighted by Gasteiger charge is -1.96. The summed E-state index contributed by atoms with van der Waals surface area (Å²) in [4.78, 5) is 14.8. The van der Waals surface area contributed by atoms with E-state index in [1.807, 2.05) is 6.07 Å². The monoisotopic (exact) mass is 191 g/mol. The maximum absolute atomic E-state index is 10.8. The molecule has 0 unspecified atom stereocenters. The minimum absolute atomic E-state index is 0.0648. The van der Waals surface area contributed by atoms with Crippen LogP contribution in [0, 0.1) is 0 Å². The van der Waals surface area contributed by atoms with Crippen molar-refractivity contribution in [2.24, 2.45) is 0 Å². The molecule has 0 fully saturated rings. The van der Waals surface area contributed by atoms with E-state index >= 15 is 0 Å². The first-order valence-electron chi connectivity index (χ1n) is 4.12. The van der Waals surface area contributed by atoms with Crippen molar-refractivity contribution in [3.05, 3.63) is 30.1 Å². The summed E-state index contributed by atoms with van der Waals surface area (Å²) in [6.07, 6.45) is 1.76. The van der Waals surface area contributed by atoms with Gasteiger partial charge >= 0.3 is 5.97 Å². The lowest BCUT2D eigenvalue weighted by atomic mass is 10.3. The van der Waals surface area contributed by atoms with E-state index in [2.05, 4.69) is 10.3 Å². The highest BCUT2D eigenvalue weighted by Crippen LogP contribution is 2.15. The number of aromatic nitrogens is 2. The number of carbonyl (C=O) groups is 1.